The highest BCUT2D eigenvalue weighted by molar-refractivity contribution is 9.10. The summed E-state index contributed by atoms with van der Waals surface area (Å²) in [5.74, 6) is -5.30. The number of thiocarbonyl (C=S) groups is 1. The van der Waals surface area contributed by atoms with Gasteiger partial charge in [-0.05, 0) is 104 Å². The zero-order chi connectivity index (χ0) is 57.3. The Kier molecular flexibility index (Phi) is 26.5. The smallest absolute Gasteiger partial charge is 0.326 e. The second-order valence-corrected chi connectivity index (χ2v) is 20.5. The number of benzene rings is 3. The maximum Gasteiger partial charge on any atom is 0.326 e. The summed E-state index contributed by atoms with van der Waals surface area (Å²) in [6.07, 6.45) is 0.666. The summed E-state index contributed by atoms with van der Waals surface area (Å²) < 4.78 is 0.867. The van der Waals surface area contributed by atoms with Crippen molar-refractivity contribution >= 4 is 92.2 Å². The fraction of sp³-hybridized carbons (Fsp3) is 0.462. The van der Waals surface area contributed by atoms with Crippen molar-refractivity contribution in [2.24, 2.45) is 22.9 Å². The average molecular weight is 1170 g/mol. The van der Waals surface area contributed by atoms with Crippen LogP contribution in [0, 0.1) is 0 Å². The number of carboxylic acids is 2. The van der Waals surface area contributed by atoms with Gasteiger partial charge in [-0.25, -0.2) is 9.59 Å². The quantitative estimate of drug-likeness (QED) is 0.0347. The van der Waals surface area contributed by atoms with Crippen LogP contribution in [-0.2, 0) is 53.1 Å². The molecule has 3 atom stereocenters. The van der Waals surface area contributed by atoms with Crippen molar-refractivity contribution in [1.82, 2.24) is 40.4 Å². The minimum absolute atomic E-state index is 0.0237. The molecule has 424 valence electrons. The van der Waals surface area contributed by atoms with Crippen molar-refractivity contribution in [1.29, 1.82) is 0 Å². The molecule has 0 aromatic heterocycles. The Morgan fingerprint density at radius 2 is 1.19 bits per heavy atom. The summed E-state index contributed by atoms with van der Waals surface area (Å²) in [5.41, 5.74) is 26.3. The van der Waals surface area contributed by atoms with Crippen LogP contribution >= 0.6 is 28.1 Å². The Morgan fingerprint density at radius 1 is 0.667 bits per heavy atom. The zero-order valence-corrected chi connectivity index (χ0v) is 46.1. The Labute approximate surface area is 467 Å². The van der Waals surface area contributed by atoms with Crippen LogP contribution < -0.4 is 44.2 Å². The van der Waals surface area contributed by atoms with E-state index in [1.165, 1.54) is 6.92 Å². The van der Waals surface area contributed by atoms with E-state index in [2.05, 4.69) is 37.2 Å². The molecule has 1 aliphatic rings. The van der Waals surface area contributed by atoms with Gasteiger partial charge in [-0.15, -0.1) is 0 Å². The first kappa shape index (κ1) is 63.4. The highest BCUT2D eigenvalue weighted by atomic mass is 79.9. The summed E-state index contributed by atoms with van der Waals surface area (Å²) in [4.78, 5) is 119. The molecule has 1 fully saturated rings. The number of nitrogens with two attached hydrogens (primary N) is 4. The number of hydrogen-bond donors (Lipinski definition) is 10. The Bertz CT molecular complexity index is 2540. The first-order valence-electron chi connectivity index (χ1n) is 25.4. The first-order valence-corrected chi connectivity index (χ1v) is 26.6. The van der Waals surface area contributed by atoms with Crippen molar-refractivity contribution in [3.8, 4) is 0 Å². The lowest BCUT2D eigenvalue weighted by Gasteiger charge is -2.38. The molecule has 14 N–H and O–H groups in total. The Balaban J connectivity index is 1.38. The second-order valence-electron chi connectivity index (χ2n) is 19.1. The summed E-state index contributed by atoms with van der Waals surface area (Å²) in [6.45, 7) is 4.36. The average Bonchev–Trinajstić information content (AvgIpc) is 3.37. The molecule has 3 aromatic carbocycles. The van der Waals surface area contributed by atoms with Crippen LogP contribution in [0.2, 0.25) is 0 Å². The van der Waals surface area contributed by atoms with Crippen LogP contribution in [0.5, 0.6) is 0 Å². The van der Waals surface area contributed by atoms with Crippen LogP contribution in [0.15, 0.2) is 77.3 Å². The monoisotopic (exact) mass is 1170 g/mol. The zero-order valence-electron chi connectivity index (χ0n) is 43.7. The van der Waals surface area contributed by atoms with Crippen molar-refractivity contribution < 1.29 is 53.4 Å². The molecule has 1 unspecified atom stereocenters. The van der Waals surface area contributed by atoms with E-state index in [9.17, 15) is 48.3 Å². The van der Waals surface area contributed by atoms with Crippen molar-refractivity contribution in [2.75, 3.05) is 83.9 Å². The number of carboxylic acid groups (broad SMARTS) is 2. The number of unbranched alkanes of at least 4 members (excludes halogenated alkanes) is 1. The number of urea groups is 1. The number of carbonyl (C=O) groups excluding carboxylic acids is 7. The summed E-state index contributed by atoms with van der Waals surface area (Å²) in [5, 5.41) is 30.2. The molecule has 0 aliphatic carbocycles. The number of aliphatic carboxylic acids is 2. The maximum absolute atomic E-state index is 14.0. The number of rotatable bonds is 28. The van der Waals surface area contributed by atoms with Crippen molar-refractivity contribution in [3.05, 3.63) is 99.5 Å². The van der Waals surface area contributed by atoms with Gasteiger partial charge >= 0.3 is 18.0 Å². The largest absolute Gasteiger partial charge is 0.481 e. The number of anilines is 1. The Morgan fingerprint density at radius 3 is 1.74 bits per heavy atom. The third kappa shape index (κ3) is 24.1. The van der Waals surface area contributed by atoms with E-state index < -0.39 is 59.5 Å². The molecule has 0 bridgehead atoms. The molecule has 24 nitrogen and oxygen atoms in total. The van der Waals surface area contributed by atoms with E-state index in [4.69, 9.17) is 40.3 Å². The fourth-order valence-corrected chi connectivity index (χ4v) is 9.20. The molecule has 0 saturated carbocycles. The molecule has 7 amide bonds. The van der Waals surface area contributed by atoms with E-state index in [0.717, 1.165) is 21.2 Å². The molecule has 0 radical (unpaired) electrons. The van der Waals surface area contributed by atoms with Crippen LogP contribution in [0.25, 0.3) is 0 Å². The SMILES string of the molecule is CC(=O)[C@@H](CCC(=O)O)NC(=O)N[C@H](CCCCN(Cc1ccc(Br)cc1)C(=O)c1ccc(CNC(=S)Nc2ccc(CC3CN(CC(N)=O)CCN(CC(N)=O)CCN(CC(N)=O)CCN3CC(N)=O)cc2)cc1)C(=O)O. The predicted octanol–water partition coefficient (Wildman–Crippen LogP) is 0.397. The topological polar surface area (TPSA) is 362 Å². The summed E-state index contributed by atoms with van der Waals surface area (Å²) >= 11 is 9.07. The molecule has 1 saturated heterocycles. The van der Waals surface area contributed by atoms with E-state index in [1.807, 2.05) is 80.3 Å². The third-order valence-corrected chi connectivity index (χ3v) is 13.6. The minimum Gasteiger partial charge on any atom is -0.481 e. The van der Waals surface area contributed by atoms with Crippen LogP contribution in [0.1, 0.15) is 66.1 Å². The van der Waals surface area contributed by atoms with Gasteiger partial charge in [0.25, 0.3) is 5.91 Å². The molecule has 4 rings (SSSR count). The van der Waals surface area contributed by atoms with Crippen LogP contribution in [0.3, 0.4) is 0 Å². The standard InChI is InChI=1S/C52H72BrN13O11S/c1-34(67)42(17-18-48(72)73)60-51(77)61-43(50(75)76)4-2-3-19-66(28-37-7-13-39(53)14-8-37)49(74)38-11-5-36(6-12-38)27-58-52(78)59-40-15-9-35(10-16-40)26-41-29-64(32-46(56)70)23-22-62(30-44(54)68)20-21-63(31-45(55)69)24-25-65(41)33-47(57)71/h5-16,41-43H,2-4,17-33H2,1H3,(H2,54,68)(H2,55,69)(H2,56,70)(H2,57,71)(H,72,73)(H,75,76)(H2,58,59,78)(H2,60,61,77)/t41?,42-,43-/m1/s1. The van der Waals surface area contributed by atoms with E-state index in [1.54, 1.807) is 17.0 Å². The first-order chi connectivity index (χ1) is 37.0. The Hall–Kier alpha value is -7.10. The van der Waals surface area contributed by atoms with Gasteiger partial charge in [-0.2, -0.15) is 0 Å². The van der Waals surface area contributed by atoms with Gasteiger partial charge in [0.05, 0.1) is 32.2 Å². The molecule has 1 aliphatic heterocycles. The minimum atomic E-state index is -1.31. The van der Waals surface area contributed by atoms with Crippen LogP contribution in [-0.4, -0.2) is 190 Å². The van der Waals surface area contributed by atoms with Gasteiger partial charge in [0.2, 0.25) is 23.6 Å². The molecular formula is C52H72BrN13O11S. The molecule has 0 spiro atoms. The second kappa shape index (κ2) is 32.6. The molecule has 26 heteroatoms. The summed E-state index contributed by atoms with van der Waals surface area (Å²) in [7, 11) is 0. The van der Waals surface area contributed by atoms with Crippen molar-refractivity contribution in [2.45, 2.75) is 76.7 Å². The number of hydrogen-bond acceptors (Lipinski definition) is 14. The van der Waals surface area contributed by atoms with E-state index in [0.29, 0.717) is 88.0 Å². The number of amides is 7. The number of Topliss-reactive ketones (excluding diaryl/α,β-unsaturated/α-hetero) is 1. The normalized spacial score (nSPS) is 15.7. The van der Waals surface area contributed by atoms with Gasteiger partial charge in [0.15, 0.2) is 10.9 Å². The van der Waals surface area contributed by atoms with Gasteiger partial charge in [0, 0.05) is 93.6 Å². The van der Waals surface area contributed by atoms with Crippen LogP contribution in [0.4, 0.5) is 10.5 Å². The van der Waals surface area contributed by atoms with Gasteiger partial charge in [0.1, 0.15) is 6.04 Å². The number of nitrogens with one attached hydrogen (secondary N) is 4. The lowest BCUT2D eigenvalue weighted by molar-refractivity contribution is -0.139. The lowest BCUT2D eigenvalue weighted by Crippen LogP contribution is -2.54. The maximum atomic E-state index is 14.0. The molecule has 78 heavy (non-hydrogen) atoms. The highest BCUT2D eigenvalue weighted by Crippen LogP contribution is 2.19. The number of carbonyl (C=O) groups is 9. The third-order valence-electron chi connectivity index (χ3n) is 12.8. The molecule has 3 aromatic rings. The van der Waals surface area contributed by atoms with Gasteiger partial charge in [-0.3, -0.25) is 53.2 Å². The molecule has 1 heterocycles. The van der Waals surface area contributed by atoms with Gasteiger partial charge < -0.3 is 59.3 Å². The van der Waals surface area contributed by atoms with Crippen molar-refractivity contribution in [3.63, 3.8) is 0 Å². The number of ketones is 1. The number of primary amides is 4. The lowest BCUT2D eigenvalue weighted by atomic mass is 10.0. The summed E-state index contributed by atoms with van der Waals surface area (Å²) in [6, 6.07) is 18.4. The molecular weight excluding hydrogens is 1090 g/mol. The van der Waals surface area contributed by atoms with E-state index >= 15 is 0 Å². The predicted molar refractivity (Wildman–Crippen MR) is 298 cm³/mol. The highest BCUT2D eigenvalue weighted by Gasteiger charge is 2.28. The van der Waals surface area contributed by atoms with Gasteiger partial charge in [-0.1, -0.05) is 52.3 Å². The number of nitrogens with zero attached hydrogens (tertiary/aromatic N) is 5. The number of halogens is 1. The van der Waals surface area contributed by atoms with E-state index in [-0.39, 0.29) is 70.5 Å². The fourth-order valence-electron chi connectivity index (χ4n) is 8.75.